The third-order valence-electron chi connectivity index (χ3n) is 11.4. The van der Waals surface area contributed by atoms with E-state index in [-0.39, 0.29) is 60.3 Å². The number of H-pyrrole nitrogens is 1. The molecule has 3 aliphatic heterocycles. The first-order chi connectivity index (χ1) is 28.6. The smallest absolute Gasteiger partial charge is 0.272 e. The van der Waals surface area contributed by atoms with Crippen molar-refractivity contribution in [3.8, 4) is 11.4 Å². The van der Waals surface area contributed by atoms with Crippen molar-refractivity contribution >= 4 is 28.5 Å². The minimum Gasteiger partial charge on any atom is -0.375 e. The number of rotatable bonds is 9. The van der Waals surface area contributed by atoms with Crippen molar-refractivity contribution in [1.82, 2.24) is 39.8 Å². The summed E-state index contributed by atoms with van der Waals surface area (Å²) in [5.41, 5.74) is 0.498. The molecule has 5 heterocycles. The molecule has 13 nitrogen and oxygen atoms in total. The molecule has 8 rings (SSSR count). The van der Waals surface area contributed by atoms with E-state index in [4.69, 9.17) is 4.74 Å². The number of piperazine rings is 1. The summed E-state index contributed by atoms with van der Waals surface area (Å²) in [4.78, 5) is 67.0. The number of hydrogen-bond acceptors (Lipinski definition) is 9. The third kappa shape index (κ3) is 8.88. The van der Waals surface area contributed by atoms with Gasteiger partial charge in [0.2, 0.25) is 5.91 Å². The Morgan fingerprint density at radius 3 is 1.98 bits per heavy atom. The molecule has 1 N–H and O–H groups in total. The summed E-state index contributed by atoms with van der Waals surface area (Å²) in [6.07, 6.45) is 5.70. The van der Waals surface area contributed by atoms with Crippen LogP contribution in [0.3, 0.4) is 0 Å². The minimum absolute atomic E-state index is 0.00275. The Morgan fingerprint density at radius 1 is 0.695 bits per heavy atom. The maximum absolute atomic E-state index is 15.0. The normalized spacial score (nSPS) is 17.1. The first-order valence-corrected chi connectivity index (χ1v) is 19.9. The molecule has 0 aliphatic carbocycles. The average molecular weight is 809 g/mol. The Balaban J connectivity index is 0.765. The van der Waals surface area contributed by atoms with Gasteiger partial charge in [-0.05, 0) is 67.6 Å². The molecule has 3 aromatic carbocycles. The minimum atomic E-state index is -0.957. The van der Waals surface area contributed by atoms with Crippen LogP contribution in [0.25, 0.3) is 22.2 Å². The van der Waals surface area contributed by atoms with Crippen LogP contribution in [-0.4, -0.2) is 129 Å². The largest absolute Gasteiger partial charge is 0.375 e. The molecule has 0 atom stereocenters. The molecule has 0 radical (unpaired) electrons. The van der Waals surface area contributed by atoms with Crippen molar-refractivity contribution in [2.24, 2.45) is 0 Å². The van der Waals surface area contributed by atoms with E-state index < -0.39 is 34.8 Å². The van der Waals surface area contributed by atoms with Gasteiger partial charge in [-0.15, -0.1) is 0 Å². The quantitative estimate of drug-likeness (QED) is 0.228. The summed E-state index contributed by atoms with van der Waals surface area (Å²) in [5.74, 6) is -3.55. The zero-order valence-corrected chi connectivity index (χ0v) is 32.3. The van der Waals surface area contributed by atoms with Gasteiger partial charge >= 0.3 is 0 Å². The van der Waals surface area contributed by atoms with E-state index in [9.17, 15) is 32.3 Å². The number of amides is 3. The van der Waals surface area contributed by atoms with Crippen LogP contribution in [0.2, 0.25) is 0 Å². The zero-order valence-electron chi connectivity index (χ0n) is 32.3. The van der Waals surface area contributed by atoms with E-state index in [0.29, 0.717) is 80.6 Å². The van der Waals surface area contributed by atoms with E-state index in [2.05, 4.69) is 25.1 Å². The Labute approximate surface area is 337 Å². The number of hydrogen-bond donors (Lipinski definition) is 1. The van der Waals surface area contributed by atoms with Gasteiger partial charge in [-0.1, -0.05) is 24.3 Å². The van der Waals surface area contributed by atoms with Crippen LogP contribution in [0.15, 0.2) is 77.9 Å². The lowest BCUT2D eigenvalue weighted by Crippen LogP contribution is -2.53. The van der Waals surface area contributed by atoms with Crippen LogP contribution in [-0.2, 0) is 16.0 Å². The van der Waals surface area contributed by atoms with E-state index in [1.54, 1.807) is 40.1 Å². The Bertz CT molecular complexity index is 2390. The number of ether oxygens (including phenoxy) is 1. The molecular weight excluding hydrogens is 766 g/mol. The molecule has 3 fully saturated rings. The van der Waals surface area contributed by atoms with E-state index in [1.807, 2.05) is 6.07 Å². The van der Waals surface area contributed by atoms with Crippen LogP contribution < -0.4 is 5.56 Å². The fourth-order valence-electron chi connectivity index (χ4n) is 8.15. The number of piperidine rings is 2. The Morgan fingerprint density at radius 2 is 1.31 bits per heavy atom. The molecule has 3 amide bonds. The second kappa shape index (κ2) is 17.5. The lowest BCUT2D eigenvalue weighted by atomic mass is 10.0. The number of nitrogens with one attached hydrogen (secondary N) is 1. The molecule has 3 aliphatic rings. The number of likely N-dealkylation sites (tertiary alicyclic amines) is 2. The molecule has 0 saturated carbocycles. The predicted molar refractivity (Wildman–Crippen MR) is 211 cm³/mol. The van der Waals surface area contributed by atoms with Crippen molar-refractivity contribution < 1.29 is 32.3 Å². The highest BCUT2D eigenvalue weighted by Crippen LogP contribution is 2.27. The number of benzene rings is 3. The van der Waals surface area contributed by atoms with Crippen molar-refractivity contribution in [2.45, 2.75) is 44.3 Å². The zero-order chi connectivity index (χ0) is 41.0. The molecule has 306 valence electrons. The monoisotopic (exact) mass is 808 g/mol. The van der Waals surface area contributed by atoms with Gasteiger partial charge in [0.05, 0.1) is 35.4 Å². The van der Waals surface area contributed by atoms with Gasteiger partial charge in [-0.25, -0.2) is 28.2 Å². The first kappa shape index (κ1) is 39.8. The summed E-state index contributed by atoms with van der Waals surface area (Å²) in [5, 5.41) is 7.91. The van der Waals surface area contributed by atoms with E-state index in [0.717, 1.165) is 25.0 Å². The average Bonchev–Trinajstić information content (AvgIpc) is 3.26. The van der Waals surface area contributed by atoms with Gasteiger partial charge in [0.1, 0.15) is 23.0 Å². The molecule has 3 saturated heterocycles. The van der Waals surface area contributed by atoms with Crippen molar-refractivity contribution in [3.63, 3.8) is 0 Å². The highest BCUT2D eigenvalue weighted by molar-refractivity contribution is 5.96. The maximum Gasteiger partial charge on any atom is 0.272 e. The molecule has 2 aromatic heterocycles. The van der Waals surface area contributed by atoms with Crippen molar-refractivity contribution in [1.29, 1.82) is 0 Å². The number of aromatic amines is 1. The van der Waals surface area contributed by atoms with Crippen molar-refractivity contribution in [3.05, 3.63) is 123 Å². The van der Waals surface area contributed by atoms with Crippen LogP contribution in [0.1, 0.15) is 57.7 Å². The number of halogens is 3. The fraction of sp³-hybridized carbons (Fsp3) is 0.372. The molecule has 0 unspecified atom stereocenters. The highest BCUT2D eigenvalue weighted by atomic mass is 19.1. The SMILES string of the molecule is O=C(CN1CCC(OC2CCN(C(=O)c3c(F)cc(-c4ncccn4)cc3F)CC2)CC1)N1CCN(C(=O)c2cc(Cc3n[nH]c(=O)c4ccccc34)ccc2F)CC1. The standard InChI is InChI=1S/C43H43F3N8O5/c44-34-7-6-27(23-37-31-4-1-2-5-32(31)41(56)50-49-37)22-33(34)42(57)54-20-18-52(19-21-54)38(55)26-51-14-8-29(9-15-51)59-30-10-16-53(17-11-30)43(58)39-35(45)24-28(25-36(39)46)40-47-12-3-13-48-40/h1-7,12-13,22,24-25,29-30H,8-11,14-21,23,26H2,(H,50,56). The summed E-state index contributed by atoms with van der Waals surface area (Å²) in [6, 6.07) is 15.3. The molecule has 59 heavy (non-hydrogen) atoms. The van der Waals surface area contributed by atoms with E-state index in [1.165, 1.54) is 29.4 Å². The summed E-state index contributed by atoms with van der Waals surface area (Å²) in [7, 11) is 0. The summed E-state index contributed by atoms with van der Waals surface area (Å²) >= 11 is 0. The number of nitrogens with zero attached hydrogens (tertiary/aromatic N) is 7. The summed E-state index contributed by atoms with van der Waals surface area (Å²) < 4.78 is 51.4. The third-order valence-corrected chi connectivity index (χ3v) is 11.4. The first-order valence-electron chi connectivity index (χ1n) is 19.9. The lowest BCUT2D eigenvalue weighted by Gasteiger charge is -2.38. The van der Waals surface area contributed by atoms with Gasteiger partial charge in [0.25, 0.3) is 17.4 Å². The molecule has 0 bridgehead atoms. The molecular formula is C43H43F3N8O5. The second-order valence-electron chi connectivity index (χ2n) is 15.2. The van der Waals surface area contributed by atoms with Gasteiger partial charge in [0, 0.05) is 82.1 Å². The molecule has 0 spiro atoms. The second-order valence-corrected chi connectivity index (χ2v) is 15.2. The number of carbonyl (C=O) groups is 3. The van der Waals surface area contributed by atoms with Gasteiger partial charge in [-0.2, -0.15) is 5.10 Å². The number of carbonyl (C=O) groups excluding carboxylic acids is 3. The van der Waals surface area contributed by atoms with Crippen LogP contribution in [0.4, 0.5) is 13.2 Å². The van der Waals surface area contributed by atoms with E-state index >= 15 is 0 Å². The van der Waals surface area contributed by atoms with Crippen LogP contribution >= 0.6 is 0 Å². The maximum atomic E-state index is 15.0. The molecule has 16 heteroatoms. The van der Waals surface area contributed by atoms with Crippen molar-refractivity contribution in [2.75, 3.05) is 58.9 Å². The van der Waals surface area contributed by atoms with Crippen LogP contribution in [0.5, 0.6) is 0 Å². The summed E-state index contributed by atoms with van der Waals surface area (Å²) in [6.45, 7) is 3.46. The van der Waals surface area contributed by atoms with Gasteiger partial charge < -0.3 is 19.4 Å². The number of aromatic nitrogens is 4. The number of fused-ring (bicyclic) bond motifs is 1. The fourth-order valence-corrected chi connectivity index (χ4v) is 8.15. The molecule has 5 aromatic rings. The lowest BCUT2D eigenvalue weighted by molar-refractivity contribution is -0.135. The predicted octanol–water partition coefficient (Wildman–Crippen LogP) is 4.46. The Hall–Kier alpha value is -6.00. The Kier molecular flexibility index (Phi) is 11.8. The van der Waals surface area contributed by atoms with Gasteiger partial charge in [-0.3, -0.25) is 24.1 Å². The topological polar surface area (TPSA) is 145 Å². The van der Waals surface area contributed by atoms with Gasteiger partial charge in [0.15, 0.2) is 5.82 Å². The van der Waals surface area contributed by atoms with Crippen LogP contribution in [0, 0.1) is 17.5 Å². The highest BCUT2D eigenvalue weighted by Gasteiger charge is 2.32.